The molecule has 0 unspecified atom stereocenters. The second kappa shape index (κ2) is 10.5. The van der Waals surface area contributed by atoms with Gasteiger partial charge in [0.1, 0.15) is 0 Å². The smallest absolute Gasteiger partial charge is 0.250 e. The van der Waals surface area contributed by atoms with Gasteiger partial charge in [-0.25, -0.2) is 0 Å². The molecule has 1 aliphatic carbocycles. The van der Waals surface area contributed by atoms with Crippen molar-refractivity contribution in [2.75, 3.05) is 19.6 Å². The molecule has 0 atom stereocenters. The van der Waals surface area contributed by atoms with E-state index < -0.39 is 0 Å². The molecule has 2 N–H and O–H groups in total. The molecule has 1 saturated carbocycles. The van der Waals surface area contributed by atoms with Gasteiger partial charge in [-0.2, -0.15) is 0 Å². The quantitative estimate of drug-likeness (QED) is 0.354. The van der Waals surface area contributed by atoms with Crippen LogP contribution in [0.3, 0.4) is 0 Å². The fraction of sp³-hybridized carbons (Fsp3) is 0.478. The Bertz CT molecular complexity index is 859. The molecule has 1 aliphatic rings. The highest BCUT2D eigenvalue weighted by atomic mass is 32.2. The molecule has 29 heavy (non-hydrogen) atoms. The third-order valence-electron chi connectivity index (χ3n) is 5.12. The lowest BCUT2D eigenvalue weighted by atomic mass is 10.3. The lowest BCUT2D eigenvalue weighted by Crippen LogP contribution is -2.38. The van der Waals surface area contributed by atoms with Crippen molar-refractivity contribution in [3.8, 4) is 0 Å². The number of aromatic nitrogens is 1. The van der Waals surface area contributed by atoms with E-state index in [0.29, 0.717) is 0 Å². The van der Waals surface area contributed by atoms with E-state index in [2.05, 4.69) is 47.9 Å². The Balaban J connectivity index is 1.44. The number of pyridine rings is 1. The van der Waals surface area contributed by atoms with Gasteiger partial charge in [0, 0.05) is 41.0 Å². The molecular formula is C23H32N4OS. The lowest BCUT2D eigenvalue weighted by molar-refractivity contribution is 0.575. The van der Waals surface area contributed by atoms with Crippen LogP contribution in [0.4, 0.5) is 0 Å². The van der Waals surface area contributed by atoms with Crippen LogP contribution < -0.4 is 16.2 Å². The summed E-state index contributed by atoms with van der Waals surface area (Å²) in [6.07, 6.45) is 4.40. The van der Waals surface area contributed by atoms with E-state index >= 15 is 0 Å². The Hall–Kier alpha value is -2.21. The normalized spacial score (nSPS) is 15.2. The third-order valence-corrected chi connectivity index (χ3v) is 6.60. The highest BCUT2D eigenvalue weighted by Gasteiger charge is 2.43. The SMILES string of the molecule is CCNC(=NCC1(Sc2ccccc2)CC1)NCCCCn1c(C)cccc1=O. The number of rotatable bonds is 10. The molecule has 5 nitrogen and oxygen atoms in total. The molecule has 0 aliphatic heterocycles. The van der Waals surface area contributed by atoms with Crippen molar-refractivity contribution in [1.29, 1.82) is 0 Å². The van der Waals surface area contributed by atoms with Crippen LogP contribution in [0.5, 0.6) is 0 Å². The summed E-state index contributed by atoms with van der Waals surface area (Å²) in [5, 5.41) is 6.79. The Labute approximate surface area is 178 Å². The first-order chi connectivity index (χ1) is 14.1. The van der Waals surface area contributed by atoms with Crippen molar-refractivity contribution >= 4 is 17.7 Å². The monoisotopic (exact) mass is 412 g/mol. The largest absolute Gasteiger partial charge is 0.357 e. The van der Waals surface area contributed by atoms with Crippen LogP contribution in [0.15, 0.2) is 63.2 Å². The molecule has 0 radical (unpaired) electrons. The summed E-state index contributed by atoms with van der Waals surface area (Å²) in [4.78, 5) is 18.1. The van der Waals surface area contributed by atoms with Gasteiger partial charge in [-0.3, -0.25) is 9.79 Å². The number of benzene rings is 1. The van der Waals surface area contributed by atoms with Crippen LogP contribution in [0, 0.1) is 6.92 Å². The van der Waals surface area contributed by atoms with Gasteiger partial charge in [-0.05, 0) is 57.7 Å². The summed E-state index contributed by atoms with van der Waals surface area (Å²) in [7, 11) is 0. The molecule has 0 amide bonds. The number of hydrogen-bond acceptors (Lipinski definition) is 3. The number of nitrogens with one attached hydrogen (secondary N) is 2. The zero-order chi connectivity index (χ0) is 20.5. The van der Waals surface area contributed by atoms with Crippen LogP contribution in [0.25, 0.3) is 0 Å². The Morgan fingerprint density at radius 1 is 1.10 bits per heavy atom. The number of aliphatic imine (C=N–C) groups is 1. The van der Waals surface area contributed by atoms with E-state index in [9.17, 15) is 4.79 Å². The predicted molar refractivity (Wildman–Crippen MR) is 123 cm³/mol. The highest BCUT2D eigenvalue weighted by Crippen LogP contribution is 2.51. The Kier molecular flexibility index (Phi) is 7.81. The minimum absolute atomic E-state index is 0.0820. The average molecular weight is 413 g/mol. The Morgan fingerprint density at radius 3 is 2.59 bits per heavy atom. The maximum absolute atomic E-state index is 11.9. The van der Waals surface area contributed by atoms with Crippen LogP contribution in [0.2, 0.25) is 0 Å². The average Bonchev–Trinajstić information content (AvgIpc) is 3.48. The maximum Gasteiger partial charge on any atom is 0.250 e. The summed E-state index contributed by atoms with van der Waals surface area (Å²) in [6.45, 7) is 7.37. The van der Waals surface area contributed by atoms with Crippen LogP contribution >= 0.6 is 11.8 Å². The van der Waals surface area contributed by atoms with Gasteiger partial charge in [0.25, 0.3) is 5.56 Å². The summed E-state index contributed by atoms with van der Waals surface area (Å²) in [5.41, 5.74) is 1.10. The zero-order valence-corrected chi connectivity index (χ0v) is 18.3. The van der Waals surface area contributed by atoms with Crippen molar-refractivity contribution in [2.24, 2.45) is 4.99 Å². The van der Waals surface area contributed by atoms with Crippen molar-refractivity contribution < 1.29 is 0 Å². The maximum atomic E-state index is 11.9. The number of unbranched alkanes of at least 4 members (excludes halogenated alkanes) is 1. The second-order valence-electron chi connectivity index (χ2n) is 7.58. The topological polar surface area (TPSA) is 58.4 Å². The van der Waals surface area contributed by atoms with E-state index in [-0.39, 0.29) is 10.3 Å². The molecule has 1 aromatic carbocycles. The van der Waals surface area contributed by atoms with Crippen molar-refractivity contribution in [3.05, 3.63) is 64.6 Å². The number of aryl methyl sites for hydroxylation is 1. The van der Waals surface area contributed by atoms with Gasteiger partial charge in [0.15, 0.2) is 5.96 Å². The first-order valence-corrected chi connectivity index (χ1v) is 11.4. The molecule has 6 heteroatoms. The number of hydrogen-bond donors (Lipinski definition) is 2. The molecule has 1 aromatic heterocycles. The second-order valence-corrected chi connectivity index (χ2v) is 9.13. The highest BCUT2D eigenvalue weighted by molar-refractivity contribution is 8.01. The third kappa shape index (κ3) is 6.67. The molecule has 0 spiro atoms. The van der Waals surface area contributed by atoms with Crippen LogP contribution in [-0.4, -0.2) is 34.9 Å². The van der Waals surface area contributed by atoms with Gasteiger partial charge in [-0.15, -0.1) is 11.8 Å². The van der Waals surface area contributed by atoms with Gasteiger partial charge in [0.2, 0.25) is 0 Å². The van der Waals surface area contributed by atoms with E-state index in [1.807, 2.05) is 35.4 Å². The van der Waals surface area contributed by atoms with E-state index in [1.165, 1.54) is 17.7 Å². The fourth-order valence-electron chi connectivity index (χ4n) is 3.25. The van der Waals surface area contributed by atoms with Gasteiger partial charge in [0.05, 0.1) is 6.54 Å². The molecule has 156 valence electrons. The fourth-order valence-corrected chi connectivity index (χ4v) is 4.48. The standard InChI is InChI=1S/C23H32N4OS/c1-3-24-22(25-16-7-8-17-27-19(2)10-9-13-21(27)28)26-18-23(14-15-23)29-20-11-5-4-6-12-20/h4-6,9-13H,3,7-8,14-18H2,1-2H3,(H2,24,25,26). The summed E-state index contributed by atoms with van der Waals surface area (Å²) >= 11 is 1.95. The van der Waals surface area contributed by atoms with Crippen molar-refractivity contribution in [1.82, 2.24) is 15.2 Å². The summed E-state index contributed by atoms with van der Waals surface area (Å²) in [6, 6.07) is 16.0. The van der Waals surface area contributed by atoms with Gasteiger partial charge in [-0.1, -0.05) is 24.3 Å². The molecule has 2 aromatic rings. The van der Waals surface area contributed by atoms with Gasteiger partial charge >= 0.3 is 0 Å². The minimum atomic E-state index is 0.0820. The molecule has 0 bridgehead atoms. The molecule has 0 saturated heterocycles. The lowest BCUT2D eigenvalue weighted by Gasteiger charge is -2.15. The summed E-state index contributed by atoms with van der Waals surface area (Å²) in [5.74, 6) is 0.889. The first-order valence-electron chi connectivity index (χ1n) is 10.5. The van der Waals surface area contributed by atoms with Gasteiger partial charge < -0.3 is 15.2 Å². The van der Waals surface area contributed by atoms with Crippen LogP contribution in [-0.2, 0) is 6.54 Å². The summed E-state index contributed by atoms with van der Waals surface area (Å²) < 4.78 is 2.10. The Morgan fingerprint density at radius 2 is 1.90 bits per heavy atom. The number of guanidine groups is 1. The predicted octanol–water partition coefficient (Wildman–Crippen LogP) is 3.82. The number of thioether (sulfide) groups is 1. The van der Waals surface area contributed by atoms with Crippen molar-refractivity contribution in [2.45, 2.75) is 55.7 Å². The van der Waals surface area contributed by atoms with E-state index in [0.717, 1.165) is 50.7 Å². The minimum Gasteiger partial charge on any atom is -0.357 e. The molecular weight excluding hydrogens is 380 g/mol. The number of nitrogens with zero attached hydrogens (tertiary/aromatic N) is 2. The van der Waals surface area contributed by atoms with Crippen molar-refractivity contribution in [3.63, 3.8) is 0 Å². The van der Waals surface area contributed by atoms with E-state index in [1.54, 1.807) is 6.07 Å². The van der Waals surface area contributed by atoms with E-state index in [4.69, 9.17) is 4.99 Å². The molecule has 1 fully saturated rings. The first kappa shape index (κ1) is 21.5. The van der Waals surface area contributed by atoms with Crippen LogP contribution in [0.1, 0.15) is 38.3 Å². The zero-order valence-electron chi connectivity index (χ0n) is 17.5. The molecule has 3 rings (SSSR count). The molecule has 1 heterocycles.